The van der Waals surface area contributed by atoms with E-state index in [9.17, 15) is 5.26 Å². The lowest BCUT2D eigenvalue weighted by atomic mass is 9.89. The van der Waals surface area contributed by atoms with Crippen molar-refractivity contribution in [3.8, 4) is 6.07 Å². The van der Waals surface area contributed by atoms with Gasteiger partial charge in [0.1, 0.15) is 17.5 Å². The summed E-state index contributed by atoms with van der Waals surface area (Å²) in [5.74, 6) is 1.51. The van der Waals surface area contributed by atoms with Gasteiger partial charge in [0.15, 0.2) is 0 Å². The van der Waals surface area contributed by atoms with Crippen molar-refractivity contribution in [1.29, 1.82) is 5.26 Å². The second-order valence-corrected chi connectivity index (χ2v) is 6.76. The van der Waals surface area contributed by atoms with Gasteiger partial charge in [0.25, 0.3) is 0 Å². The number of allylic oxidation sites excluding steroid dienone is 1. The molecule has 4 heterocycles. The van der Waals surface area contributed by atoms with E-state index < -0.39 is 0 Å². The van der Waals surface area contributed by atoms with Crippen LogP contribution in [0.1, 0.15) is 31.7 Å². The minimum absolute atomic E-state index is 0.119. The normalized spacial score (nSPS) is 24.6. The van der Waals surface area contributed by atoms with Crippen molar-refractivity contribution in [3.05, 3.63) is 41.9 Å². The fourth-order valence-corrected chi connectivity index (χ4v) is 3.79. The third-order valence-electron chi connectivity index (χ3n) is 5.08. The molecule has 4 rings (SSSR count). The number of anilines is 1. The van der Waals surface area contributed by atoms with Gasteiger partial charge in [0.2, 0.25) is 0 Å². The number of nitrogens with zero attached hydrogens (tertiary/aromatic N) is 5. The summed E-state index contributed by atoms with van der Waals surface area (Å²) in [6.45, 7) is 4.70. The summed E-state index contributed by atoms with van der Waals surface area (Å²) >= 11 is 0. The Hall–Kier alpha value is -2.81. The van der Waals surface area contributed by atoms with Crippen LogP contribution in [0, 0.1) is 17.2 Å². The molecule has 0 saturated carbocycles. The molecule has 3 aliphatic rings. The maximum Gasteiger partial charge on any atom is 0.137 e. The zero-order chi connectivity index (χ0) is 17.9. The van der Waals surface area contributed by atoms with Crippen LogP contribution >= 0.6 is 0 Å². The van der Waals surface area contributed by atoms with Crippen molar-refractivity contribution in [2.45, 2.75) is 32.2 Å². The highest BCUT2D eigenvalue weighted by atomic mass is 16.5. The number of ether oxygens (including phenoxy) is 1. The molecule has 2 atom stereocenters. The Bertz CT molecular complexity index is 783. The Morgan fingerprint density at radius 2 is 2.12 bits per heavy atom. The molecule has 0 aliphatic carbocycles. The van der Waals surface area contributed by atoms with Gasteiger partial charge >= 0.3 is 0 Å². The van der Waals surface area contributed by atoms with Crippen molar-refractivity contribution in [2.75, 3.05) is 24.6 Å². The Labute approximate surface area is 154 Å². The number of hydrogen-bond donors (Lipinski definition) is 0. The van der Waals surface area contributed by atoms with Crippen LogP contribution in [-0.2, 0) is 4.74 Å². The molecule has 6 nitrogen and oxygen atoms in total. The molecular formula is C20H23N5O. The minimum Gasteiger partial charge on any atom is -0.492 e. The van der Waals surface area contributed by atoms with Gasteiger partial charge < -0.3 is 9.64 Å². The third-order valence-corrected chi connectivity index (χ3v) is 5.08. The number of aromatic nitrogens is 1. The van der Waals surface area contributed by atoms with Gasteiger partial charge in [0.05, 0.1) is 24.9 Å². The molecule has 26 heavy (non-hydrogen) atoms. The molecule has 2 unspecified atom stereocenters. The molecule has 1 aromatic heterocycles. The van der Waals surface area contributed by atoms with Gasteiger partial charge in [0, 0.05) is 25.5 Å². The molecule has 6 heteroatoms. The zero-order valence-electron chi connectivity index (χ0n) is 15.0. The predicted octanol–water partition coefficient (Wildman–Crippen LogP) is 3.16. The van der Waals surface area contributed by atoms with Crippen LogP contribution in [-0.4, -0.2) is 41.9 Å². The summed E-state index contributed by atoms with van der Waals surface area (Å²) in [7, 11) is 0. The second kappa shape index (κ2) is 7.20. The molecule has 0 spiro atoms. The maximum absolute atomic E-state index is 9.48. The number of rotatable bonds is 4. The lowest BCUT2D eigenvalue weighted by Crippen LogP contribution is -2.32. The number of fused-ring (bicyclic) bond motifs is 1. The average Bonchev–Trinajstić information content (AvgIpc) is 3.11. The van der Waals surface area contributed by atoms with E-state index in [4.69, 9.17) is 9.72 Å². The molecular weight excluding hydrogens is 326 g/mol. The van der Waals surface area contributed by atoms with Gasteiger partial charge in [-0.05, 0) is 55.5 Å². The first-order valence-electron chi connectivity index (χ1n) is 9.30. The molecule has 0 bridgehead atoms. The van der Waals surface area contributed by atoms with Gasteiger partial charge in [-0.25, -0.2) is 4.98 Å². The summed E-state index contributed by atoms with van der Waals surface area (Å²) in [6, 6.07) is 6.41. The molecule has 134 valence electrons. The first kappa shape index (κ1) is 16.6. The van der Waals surface area contributed by atoms with Gasteiger partial charge in [-0.1, -0.05) is 0 Å². The number of pyridine rings is 1. The first-order chi connectivity index (χ1) is 12.8. The number of hydrogen-bond acceptors (Lipinski definition) is 6. The van der Waals surface area contributed by atoms with E-state index in [1.807, 2.05) is 30.4 Å². The lowest BCUT2D eigenvalue weighted by molar-refractivity contribution is 0.222. The van der Waals surface area contributed by atoms with E-state index in [1.165, 1.54) is 19.3 Å². The number of piperidine rings is 1. The van der Waals surface area contributed by atoms with Crippen LogP contribution in [0.2, 0.25) is 0 Å². The Morgan fingerprint density at radius 3 is 2.81 bits per heavy atom. The van der Waals surface area contributed by atoms with Gasteiger partial charge in [-0.3, -0.25) is 5.01 Å². The van der Waals surface area contributed by atoms with E-state index in [1.54, 1.807) is 6.21 Å². The van der Waals surface area contributed by atoms with Crippen molar-refractivity contribution in [2.24, 2.45) is 11.0 Å². The molecule has 0 aromatic carbocycles. The monoisotopic (exact) mass is 349 g/mol. The lowest BCUT2D eigenvalue weighted by Gasteiger charge is -2.30. The minimum atomic E-state index is -0.276. The molecule has 1 fully saturated rings. The molecule has 0 amide bonds. The zero-order valence-corrected chi connectivity index (χ0v) is 15.0. The molecule has 1 aromatic rings. The van der Waals surface area contributed by atoms with Gasteiger partial charge in [-0.2, -0.15) is 10.4 Å². The fourth-order valence-electron chi connectivity index (χ4n) is 3.79. The predicted molar refractivity (Wildman–Crippen MR) is 101 cm³/mol. The summed E-state index contributed by atoms with van der Waals surface area (Å²) in [5, 5.41) is 15.7. The summed E-state index contributed by atoms with van der Waals surface area (Å²) in [4.78, 5) is 7.04. The highest BCUT2D eigenvalue weighted by molar-refractivity contribution is 5.81. The highest BCUT2D eigenvalue weighted by Gasteiger charge is 2.36. The Kier molecular flexibility index (Phi) is 4.61. The van der Waals surface area contributed by atoms with Crippen LogP contribution in [0.4, 0.5) is 5.82 Å². The van der Waals surface area contributed by atoms with Crippen molar-refractivity contribution >= 4 is 17.6 Å². The van der Waals surface area contributed by atoms with Crippen LogP contribution < -0.4 is 4.90 Å². The van der Waals surface area contributed by atoms with E-state index >= 15 is 0 Å². The molecule has 0 N–H and O–H groups in total. The summed E-state index contributed by atoms with van der Waals surface area (Å²) in [5.41, 5.74) is 2.04. The quantitative estimate of drug-likeness (QED) is 0.835. The van der Waals surface area contributed by atoms with Crippen LogP contribution in [0.25, 0.3) is 5.57 Å². The summed E-state index contributed by atoms with van der Waals surface area (Å²) in [6.07, 6.45) is 11.3. The Morgan fingerprint density at radius 1 is 1.27 bits per heavy atom. The highest BCUT2D eigenvalue weighted by Crippen LogP contribution is 2.36. The van der Waals surface area contributed by atoms with Gasteiger partial charge in [-0.15, -0.1) is 0 Å². The number of hydrazone groups is 1. The molecule has 0 radical (unpaired) electrons. The van der Waals surface area contributed by atoms with Crippen molar-refractivity contribution in [3.63, 3.8) is 0 Å². The fraction of sp³-hybridized carbons (Fsp3) is 0.450. The standard InChI is InChI=1S/C20H23N5O/c1-2-26-17-10-18(20-16(11-21)13-23-25(20)14-17)15-6-7-19(22-12-15)24-8-4-3-5-9-24/h6-7,10,12-14,16,20H,2-5,8-9H2,1H3. The topological polar surface area (TPSA) is 64.8 Å². The van der Waals surface area contributed by atoms with E-state index in [-0.39, 0.29) is 12.0 Å². The Balaban J connectivity index is 1.63. The number of nitriles is 1. The maximum atomic E-state index is 9.48. The average molecular weight is 349 g/mol. The summed E-state index contributed by atoms with van der Waals surface area (Å²) < 4.78 is 5.69. The molecule has 1 saturated heterocycles. The third kappa shape index (κ3) is 3.05. The van der Waals surface area contributed by atoms with Crippen LogP contribution in [0.15, 0.2) is 41.5 Å². The van der Waals surface area contributed by atoms with Crippen LogP contribution in [0.3, 0.4) is 0 Å². The molecule has 3 aliphatic heterocycles. The van der Waals surface area contributed by atoms with E-state index in [0.29, 0.717) is 6.61 Å². The van der Waals surface area contributed by atoms with Crippen molar-refractivity contribution in [1.82, 2.24) is 9.99 Å². The SMILES string of the molecule is CCOC1=CN2N=CC(C#N)C2C(c2ccc(N3CCCCC3)nc2)=C1. The first-order valence-corrected chi connectivity index (χ1v) is 9.30. The largest absolute Gasteiger partial charge is 0.492 e. The van der Waals surface area contributed by atoms with Crippen LogP contribution in [0.5, 0.6) is 0 Å². The smallest absolute Gasteiger partial charge is 0.137 e. The second-order valence-electron chi connectivity index (χ2n) is 6.76. The van der Waals surface area contributed by atoms with E-state index in [2.05, 4.69) is 28.2 Å². The van der Waals surface area contributed by atoms with Crippen molar-refractivity contribution < 1.29 is 4.74 Å². The van der Waals surface area contributed by atoms with E-state index in [0.717, 1.165) is 35.8 Å².